The largest absolute Gasteiger partial charge is 0.393 e. The first kappa shape index (κ1) is 28.9. The van der Waals surface area contributed by atoms with Crippen LogP contribution in [0, 0.1) is 0 Å². The number of hydrogen-bond donors (Lipinski definition) is 2. The van der Waals surface area contributed by atoms with E-state index >= 15 is 0 Å². The van der Waals surface area contributed by atoms with E-state index in [0.717, 1.165) is 38.5 Å². The molecule has 0 bridgehead atoms. The molecule has 2 N–H and O–H groups in total. The van der Waals surface area contributed by atoms with Crippen molar-refractivity contribution in [3.8, 4) is 0 Å². The second kappa shape index (κ2) is 19.8. The van der Waals surface area contributed by atoms with Crippen molar-refractivity contribution in [2.75, 3.05) is 0 Å². The van der Waals surface area contributed by atoms with Gasteiger partial charge < -0.3 is 5.11 Å². The molecule has 0 fully saturated rings. The molecule has 2 atom stereocenters. The quantitative estimate of drug-likeness (QED) is 0.137. The van der Waals surface area contributed by atoms with Crippen molar-refractivity contribution in [2.24, 2.45) is 0 Å². The predicted octanol–water partition coefficient (Wildman–Crippen LogP) is 7.45. The third-order valence-corrected chi connectivity index (χ3v) is 7.33. The van der Waals surface area contributed by atoms with E-state index in [1.54, 1.807) is 0 Å². The Kier molecular flexibility index (Phi) is 19.7. The smallest absolute Gasteiger partial charge is 0.267 e. The fourth-order valence-electron chi connectivity index (χ4n) is 3.98. The summed E-state index contributed by atoms with van der Waals surface area (Å²) >= 11 is 0. The van der Waals surface area contributed by atoms with E-state index in [1.165, 1.54) is 70.6 Å². The zero-order valence-corrected chi connectivity index (χ0v) is 20.2. The van der Waals surface area contributed by atoms with Crippen LogP contribution in [0.15, 0.2) is 0 Å². The molecule has 0 spiro atoms. The number of aliphatic hydroxyl groups excluding tert-OH is 1. The standard InChI is InChI=1S/C24H50O4S/c1-3-5-7-9-11-12-14-15-17-19-23(25)21-22-24(29(26,27)28)20-18-16-13-10-8-6-4-2/h23-25H,3-22H2,1-2H3,(H,26,27,28). The van der Waals surface area contributed by atoms with Gasteiger partial charge in [-0.25, -0.2) is 0 Å². The van der Waals surface area contributed by atoms with Crippen molar-refractivity contribution in [1.29, 1.82) is 0 Å². The number of aliphatic hydroxyl groups is 1. The van der Waals surface area contributed by atoms with Gasteiger partial charge in [0.15, 0.2) is 0 Å². The van der Waals surface area contributed by atoms with Crippen molar-refractivity contribution in [2.45, 2.75) is 154 Å². The Bertz CT molecular complexity index is 436. The third kappa shape index (κ3) is 19.6. The highest BCUT2D eigenvalue weighted by Crippen LogP contribution is 2.20. The first-order valence-corrected chi connectivity index (χ1v) is 14.1. The van der Waals surface area contributed by atoms with Gasteiger partial charge in [-0.05, 0) is 25.7 Å². The lowest BCUT2D eigenvalue weighted by atomic mass is 10.0. The highest BCUT2D eigenvalue weighted by atomic mass is 32.2. The molecule has 0 aromatic heterocycles. The Hall–Kier alpha value is -0.130. The first-order valence-electron chi connectivity index (χ1n) is 12.6. The zero-order valence-electron chi connectivity index (χ0n) is 19.4. The number of rotatable bonds is 22. The molecule has 0 aliphatic heterocycles. The summed E-state index contributed by atoms with van der Waals surface area (Å²) in [5.41, 5.74) is 0. The molecule has 4 nitrogen and oxygen atoms in total. The summed E-state index contributed by atoms with van der Waals surface area (Å²) in [6.07, 6.45) is 20.9. The minimum absolute atomic E-state index is 0.368. The van der Waals surface area contributed by atoms with E-state index in [-0.39, 0.29) is 0 Å². The predicted molar refractivity (Wildman–Crippen MR) is 125 cm³/mol. The van der Waals surface area contributed by atoms with E-state index in [0.29, 0.717) is 19.3 Å². The van der Waals surface area contributed by atoms with Crippen molar-refractivity contribution in [3.05, 3.63) is 0 Å². The van der Waals surface area contributed by atoms with Crippen LogP contribution in [0.3, 0.4) is 0 Å². The topological polar surface area (TPSA) is 74.6 Å². The van der Waals surface area contributed by atoms with E-state index in [4.69, 9.17) is 0 Å². The molecule has 2 unspecified atom stereocenters. The number of hydrogen-bond acceptors (Lipinski definition) is 3. The zero-order chi connectivity index (χ0) is 21.8. The van der Waals surface area contributed by atoms with Crippen LogP contribution in [0.25, 0.3) is 0 Å². The summed E-state index contributed by atoms with van der Waals surface area (Å²) in [5.74, 6) is 0. The van der Waals surface area contributed by atoms with Gasteiger partial charge in [-0.1, -0.05) is 117 Å². The van der Waals surface area contributed by atoms with Gasteiger partial charge in [0.1, 0.15) is 0 Å². The molecule has 0 aromatic carbocycles. The van der Waals surface area contributed by atoms with Crippen LogP contribution < -0.4 is 0 Å². The van der Waals surface area contributed by atoms with Gasteiger partial charge in [0, 0.05) is 0 Å². The Labute approximate surface area is 182 Å². The lowest BCUT2D eigenvalue weighted by Crippen LogP contribution is -2.22. The second-order valence-electron chi connectivity index (χ2n) is 8.90. The molecule has 176 valence electrons. The average molecular weight is 435 g/mol. The molecule has 0 aliphatic rings. The van der Waals surface area contributed by atoms with Crippen LogP contribution in [0.5, 0.6) is 0 Å². The molecule has 0 aromatic rings. The van der Waals surface area contributed by atoms with Gasteiger partial charge in [0.25, 0.3) is 10.1 Å². The maximum absolute atomic E-state index is 11.6. The van der Waals surface area contributed by atoms with E-state index in [9.17, 15) is 18.1 Å². The van der Waals surface area contributed by atoms with Crippen molar-refractivity contribution in [3.63, 3.8) is 0 Å². The van der Waals surface area contributed by atoms with Gasteiger partial charge in [-0.15, -0.1) is 0 Å². The van der Waals surface area contributed by atoms with Gasteiger partial charge in [-0.3, -0.25) is 4.55 Å². The second-order valence-corrected chi connectivity index (χ2v) is 10.6. The van der Waals surface area contributed by atoms with Crippen LogP contribution in [0.4, 0.5) is 0 Å². The Morgan fingerprint density at radius 3 is 1.34 bits per heavy atom. The summed E-state index contributed by atoms with van der Waals surface area (Å²) in [7, 11) is -4.02. The lowest BCUT2D eigenvalue weighted by Gasteiger charge is -2.16. The monoisotopic (exact) mass is 434 g/mol. The maximum Gasteiger partial charge on any atom is 0.267 e. The molecular formula is C24H50O4S. The highest BCUT2D eigenvalue weighted by molar-refractivity contribution is 7.86. The fraction of sp³-hybridized carbons (Fsp3) is 1.00. The normalized spacial score (nSPS) is 14.2. The van der Waals surface area contributed by atoms with Gasteiger partial charge in [-0.2, -0.15) is 8.42 Å². The number of unbranched alkanes of at least 4 members (excludes halogenated alkanes) is 14. The molecule has 0 radical (unpaired) electrons. The molecule has 0 saturated carbocycles. The van der Waals surface area contributed by atoms with E-state index in [1.807, 2.05) is 0 Å². The molecular weight excluding hydrogens is 384 g/mol. The molecule has 0 saturated heterocycles. The lowest BCUT2D eigenvalue weighted by molar-refractivity contribution is 0.147. The van der Waals surface area contributed by atoms with Gasteiger partial charge >= 0.3 is 0 Å². The minimum Gasteiger partial charge on any atom is -0.393 e. The summed E-state index contributed by atoms with van der Waals surface area (Å²) in [4.78, 5) is 0. The average Bonchev–Trinajstić information content (AvgIpc) is 2.67. The summed E-state index contributed by atoms with van der Waals surface area (Å²) in [5, 5.41) is 9.47. The van der Waals surface area contributed by atoms with Crippen LogP contribution in [0.1, 0.15) is 142 Å². The van der Waals surface area contributed by atoms with Crippen LogP contribution in [-0.4, -0.2) is 29.4 Å². The molecule has 0 aliphatic carbocycles. The van der Waals surface area contributed by atoms with Crippen molar-refractivity contribution < 1.29 is 18.1 Å². The summed E-state index contributed by atoms with van der Waals surface area (Å²) in [6.45, 7) is 4.43. The summed E-state index contributed by atoms with van der Waals surface area (Å²) < 4.78 is 32.8. The van der Waals surface area contributed by atoms with E-state index < -0.39 is 21.5 Å². The van der Waals surface area contributed by atoms with Crippen molar-refractivity contribution >= 4 is 10.1 Å². The molecule has 0 rings (SSSR count). The first-order chi connectivity index (χ1) is 13.9. The van der Waals surface area contributed by atoms with Gasteiger partial charge in [0.05, 0.1) is 11.4 Å². The Morgan fingerprint density at radius 1 is 0.552 bits per heavy atom. The molecule has 0 amide bonds. The Morgan fingerprint density at radius 2 is 0.931 bits per heavy atom. The van der Waals surface area contributed by atoms with Gasteiger partial charge in [0.2, 0.25) is 0 Å². The molecule has 29 heavy (non-hydrogen) atoms. The maximum atomic E-state index is 11.6. The third-order valence-electron chi connectivity index (χ3n) is 6.01. The molecule has 0 heterocycles. The van der Waals surface area contributed by atoms with E-state index in [2.05, 4.69) is 13.8 Å². The van der Waals surface area contributed by atoms with Crippen LogP contribution in [0.2, 0.25) is 0 Å². The highest BCUT2D eigenvalue weighted by Gasteiger charge is 2.23. The molecule has 5 heteroatoms. The Balaban J connectivity index is 3.80. The van der Waals surface area contributed by atoms with Crippen LogP contribution >= 0.6 is 0 Å². The minimum atomic E-state index is -4.02. The SMILES string of the molecule is CCCCCCCCCCCC(O)CCC(CCCCCCCCC)S(=O)(=O)O. The van der Waals surface area contributed by atoms with Crippen molar-refractivity contribution in [1.82, 2.24) is 0 Å². The summed E-state index contributed by atoms with van der Waals surface area (Å²) in [6, 6.07) is 0. The fourth-order valence-corrected chi connectivity index (χ4v) is 4.88. The van der Waals surface area contributed by atoms with Crippen LogP contribution in [-0.2, 0) is 10.1 Å².